The van der Waals surface area contributed by atoms with Crippen molar-refractivity contribution < 1.29 is 9.67 Å². The zero-order valence-electron chi connectivity index (χ0n) is 20.8. The van der Waals surface area contributed by atoms with Gasteiger partial charge in [0.1, 0.15) is 0 Å². The minimum atomic E-state index is -0.824. The number of allylic oxidation sites excluding steroid dienone is 2. The summed E-state index contributed by atoms with van der Waals surface area (Å²) in [5, 5.41) is 13.6. The molecule has 2 aliphatic rings. The Balaban J connectivity index is 1.50. The Kier molecular flexibility index (Phi) is 5.89. The Labute approximate surface area is 192 Å². The predicted octanol–water partition coefficient (Wildman–Crippen LogP) is 3.93. The molecule has 2 fully saturated rings. The summed E-state index contributed by atoms with van der Waals surface area (Å²) in [5.74, 6) is 1.39. The number of fused-ring (bicyclic) bond motifs is 2. The Morgan fingerprint density at radius 1 is 1.25 bits per heavy atom. The third-order valence-corrected chi connectivity index (χ3v) is 8.97. The number of hydrogen-bond donors (Lipinski definition) is 1. The zero-order chi connectivity index (χ0) is 23.3. The van der Waals surface area contributed by atoms with Crippen LogP contribution in [0.2, 0.25) is 0 Å². The first-order valence-corrected chi connectivity index (χ1v) is 12.3. The molecule has 2 heterocycles. The third-order valence-electron chi connectivity index (χ3n) is 8.97. The smallest absolute Gasteiger partial charge is 0.307 e. The van der Waals surface area contributed by atoms with Crippen LogP contribution in [0.4, 0.5) is 5.82 Å². The van der Waals surface area contributed by atoms with Crippen LogP contribution in [-0.4, -0.2) is 20.1 Å². The van der Waals surface area contributed by atoms with Crippen LogP contribution in [0.25, 0.3) is 11.2 Å². The van der Waals surface area contributed by atoms with Crippen molar-refractivity contribution in [3.8, 4) is 0 Å². The molecule has 0 amide bonds. The monoisotopic (exact) mass is 439 g/mol. The van der Waals surface area contributed by atoms with Crippen LogP contribution < -0.4 is 15.4 Å². The van der Waals surface area contributed by atoms with Gasteiger partial charge in [0.2, 0.25) is 5.52 Å². The van der Waals surface area contributed by atoms with E-state index < -0.39 is 5.60 Å². The lowest BCUT2D eigenvalue weighted by atomic mass is 9.45. The lowest BCUT2D eigenvalue weighted by Gasteiger charge is -2.65. The second-order valence-electron chi connectivity index (χ2n) is 11.7. The highest BCUT2D eigenvalue weighted by Gasteiger charge is 2.54. The Morgan fingerprint density at radius 2 is 2.00 bits per heavy atom. The highest BCUT2D eigenvalue weighted by molar-refractivity contribution is 5.79. The number of nitrogen functional groups attached to an aromatic ring is 1. The molecule has 176 valence electrons. The van der Waals surface area contributed by atoms with Crippen molar-refractivity contribution in [3.05, 3.63) is 24.3 Å². The molecular formula is C26H41N5O. The van der Waals surface area contributed by atoms with E-state index in [1.165, 1.54) is 31.2 Å². The lowest BCUT2D eigenvalue weighted by Crippen LogP contribution is -2.62. The fourth-order valence-electron chi connectivity index (χ4n) is 7.35. The van der Waals surface area contributed by atoms with Gasteiger partial charge in [0, 0.05) is 0 Å². The van der Waals surface area contributed by atoms with Crippen LogP contribution in [-0.2, 0) is 13.6 Å². The molecule has 2 aromatic rings. The van der Waals surface area contributed by atoms with E-state index in [0.29, 0.717) is 17.2 Å². The molecule has 6 heteroatoms. The molecule has 2 N–H and O–H groups in total. The Bertz CT molecular complexity index is 1020. The summed E-state index contributed by atoms with van der Waals surface area (Å²) in [7, 11) is 1.97. The minimum absolute atomic E-state index is 0.160. The van der Waals surface area contributed by atoms with E-state index in [2.05, 4.69) is 48.3 Å². The first kappa shape index (κ1) is 23.2. The molecule has 32 heavy (non-hydrogen) atoms. The summed E-state index contributed by atoms with van der Waals surface area (Å²) in [4.78, 5) is 8.51. The van der Waals surface area contributed by atoms with Crippen molar-refractivity contribution in [3.63, 3.8) is 0 Å². The van der Waals surface area contributed by atoms with Crippen LogP contribution in [0, 0.1) is 22.7 Å². The van der Waals surface area contributed by atoms with Gasteiger partial charge in [0.25, 0.3) is 0 Å². The van der Waals surface area contributed by atoms with Gasteiger partial charge in [-0.3, -0.25) is 4.57 Å². The molecule has 0 saturated heterocycles. The van der Waals surface area contributed by atoms with Crippen molar-refractivity contribution in [2.75, 3.05) is 5.73 Å². The number of aromatic nitrogens is 4. The van der Waals surface area contributed by atoms with Gasteiger partial charge in [-0.2, -0.15) is 4.98 Å². The summed E-state index contributed by atoms with van der Waals surface area (Å²) >= 11 is 0. The maximum Gasteiger partial charge on any atom is 0.307 e. The van der Waals surface area contributed by atoms with Crippen molar-refractivity contribution in [2.24, 2.45) is 29.7 Å². The fraction of sp³-hybridized carbons (Fsp3) is 0.731. The Morgan fingerprint density at radius 3 is 2.75 bits per heavy atom. The van der Waals surface area contributed by atoms with E-state index in [9.17, 15) is 5.11 Å². The minimum Gasteiger partial charge on any atom is -0.849 e. The van der Waals surface area contributed by atoms with Crippen LogP contribution in [0.1, 0.15) is 79.6 Å². The van der Waals surface area contributed by atoms with Gasteiger partial charge in [-0.15, -0.1) is 5.60 Å². The van der Waals surface area contributed by atoms with E-state index >= 15 is 0 Å². The molecule has 0 radical (unpaired) electrons. The first-order valence-electron chi connectivity index (χ1n) is 12.3. The fourth-order valence-corrected chi connectivity index (χ4v) is 7.35. The summed E-state index contributed by atoms with van der Waals surface area (Å²) in [6, 6.07) is 0. The number of aryl methyl sites for hydroxylation is 1. The van der Waals surface area contributed by atoms with Crippen LogP contribution >= 0.6 is 0 Å². The van der Waals surface area contributed by atoms with Gasteiger partial charge < -0.3 is 10.8 Å². The molecular weight excluding hydrogens is 398 g/mol. The second-order valence-corrected chi connectivity index (χ2v) is 11.7. The van der Waals surface area contributed by atoms with Gasteiger partial charge in [0.05, 0.1) is 13.6 Å². The SMILES string of the molecule is C/C(=C\Cn1c[n+](C)c2ncnc(N)c21)CC[C@H]1[C@]2(C)CCCC(C)(C)[C@H]2CC[C@@]1(C)[O-]. The molecule has 6 nitrogen and oxygen atoms in total. The average Bonchev–Trinajstić information content (AvgIpc) is 3.02. The molecule has 0 aromatic carbocycles. The number of rotatable bonds is 5. The topological polar surface area (TPSA) is 83.7 Å². The van der Waals surface area contributed by atoms with Crippen LogP contribution in [0.3, 0.4) is 0 Å². The van der Waals surface area contributed by atoms with Gasteiger partial charge in [-0.1, -0.05) is 63.6 Å². The number of imidazole rings is 1. The quantitative estimate of drug-likeness (QED) is 0.565. The third kappa shape index (κ3) is 3.95. The Hall–Kier alpha value is -1.95. The number of nitrogens with zero attached hydrogens (tertiary/aromatic N) is 4. The summed E-state index contributed by atoms with van der Waals surface area (Å²) < 4.78 is 4.08. The maximum atomic E-state index is 13.6. The lowest BCUT2D eigenvalue weighted by molar-refractivity contribution is -0.647. The van der Waals surface area contributed by atoms with Crippen molar-refractivity contribution in [1.29, 1.82) is 0 Å². The summed E-state index contributed by atoms with van der Waals surface area (Å²) in [6.45, 7) is 12.2. The van der Waals surface area contributed by atoms with E-state index in [1.54, 1.807) is 0 Å². The van der Waals surface area contributed by atoms with Crippen molar-refractivity contribution in [2.45, 2.75) is 91.7 Å². The largest absolute Gasteiger partial charge is 0.849 e. The molecule has 0 aliphatic heterocycles. The molecule has 2 aliphatic carbocycles. The van der Waals surface area contributed by atoms with Gasteiger partial charge in [-0.05, 0) is 55.3 Å². The molecule has 0 spiro atoms. The standard InChI is InChI=1S/C26H41N5O/c1-18(11-15-31-17-30(6)23-21(31)22(27)28-16-29-23)8-9-20-25(4)13-7-12-24(2,3)19(25)10-14-26(20,5)32/h11,16-17,19-20H,7-10,12-15H2,1-6H3,(H2,27,28,29)/b18-11+/t19-,20+,25-,26-/m1/s1. The second kappa shape index (κ2) is 8.12. The predicted molar refractivity (Wildman–Crippen MR) is 126 cm³/mol. The van der Waals surface area contributed by atoms with Gasteiger partial charge >= 0.3 is 5.65 Å². The van der Waals surface area contributed by atoms with E-state index in [4.69, 9.17) is 5.73 Å². The molecule has 4 atom stereocenters. The van der Waals surface area contributed by atoms with Crippen molar-refractivity contribution >= 4 is 17.0 Å². The van der Waals surface area contributed by atoms with E-state index in [-0.39, 0.29) is 11.3 Å². The van der Waals surface area contributed by atoms with Crippen LogP contribution in [0.15, 0.2) is 24.3 Å². The van der Waals surface area contributed by atoms with Gasteiger partial charge in [0.15, 0.2) is 18.5 Å². The normalized spacial score (nSPS) is 32.8. The number of anilines is 1. The zero-order valence-corrected chi connectivity index (χ0v) is 20.8. The highest BCUT2D eigenvalue weighted by Crippen LogP contribution is 2.62. The molecule has 2 saturated carbocycles. The molecule has 0 bridgehead atoms. The molecule has 2 aromatic heterocycles. The van der Waals surface area contributed by atoms with Gasteiger partial charge in [-0.25, -0.2) is 4.57 Å². The number of hydrogen-bond acceptors (Lipinski definition) is 4. The van der Waals surface area contributed by atoms with Crippen molar-refractivity contribution in [1.82, 2.24) is 14.5 Å². The van der Waals surface area contributed by atoms with E-state index in [0.717, 1.165) is 43.4 Å². The van der Waals surface area contributed by atoms with Crippen LogP contribution in [0.5, 0.6) is 0 Å². The summed E-state index contributed by atoms with van der Waals surface area (Å²) in [5.41, 5.74) is 8.85. The maximum absolute atomic E-state index is 13.6. The number of nitrogens with two attached hydrogens (primary N) is 1. The summed E-state index contributed by atoms with van der Waals surface area (Å²) in [6.07, 6.45) is 13.4. The highest BCUT2D eigenvalue weighted by atomic mass is 16.3. The first-order chi connectivity index (χ1) is 15.0. The van der Waals surface area contributed by atoms with E-state index in [1.807, 2.05) is 24.9 Å². The average molecular weight is 440 g/mol. The molecule has 4 rings (SSSR count). The molecule has 0 unspecified atom stereocenters.